The molecule has 0 radical (unpaired) electrons. The second-order valence-corrected chi connectivity index (χ2v) is 6.54. The monoisotopic (exact) mass is 357 g/mol. The topological polar surface area (TPSA) is 54.9 Å². The molecular formula is C21H15N3OS. The lowest BCUT2D eigenvalue weighted by molar-refractivity contribution is 0.102. The molecule has 4 rings (SSSR count). The van der Waals surface area contributed by atoms with E-state index in [1.807, 2.05) is 78.2 Å². The maximum atomic E-state index is 12.7. The first-order valence-corrected chi connectivity index (χ1v) is 9.01. The summed E-state index contributed by atoms with van der Waals surface area (Å²) < 4.78 is 0. The van der Waals surface area contributed by atoms with Crippen molar-refractivity contribution in [2.24, 2.45) is 0 Å². The number of pyridine rings is 1. The molecule has 2 heterocycles. The number of aromatic nitrogens is 2. The maximum Gasteiger partial charge on any atom is 0.257 e. The average molecular weight is 357 g/mol. The van der Waals surface area contributed by atoms with Crippen LogP contribution < -0.4 is 5.32 Å². The van der Waals surface area contributed by atoms with Gasteiger partial charge < -0.3 is 0 Å². The van der Waals surface area contributed by atoms with E-state index in [0.29, 0.717) is 10.7 Å². The van der Waals surface area contributed by atoms with E-state index in [-0.39, 0.29) is 5.91 Å². The molecule has 1 amide bonds. The molecule has 2 aromatic heterocycles. The summed E-state index contributed by atoms with van der Waals surface area (Å²) in [6.07, 6.45) is 1.66. The molecule has 0 saturated carbocycles. The van der Waals surface area contributed by atoms with Gasteiger partial charge in [0, 0.05) is 28.3 Å². The van der Waals surface area contributed by atoms with E-state index >= 15 is 0 Å². The first-order chi connectivity index (χ1) is 12.8. The summed E-state index contributed by atoms with van der Waals surface area (Å²) in [6, 6.07) is 23.3. The molecule has 0 bridgehead atoms. The average Bonchev–Trinajstić information content (AvgIpc) is 3.22. The molecule has 0 unspecified atom stereocenters. The molecule has 2 aromatic carbocycles. The van der Waals surface area contributed by atoms with Gasteiger partial charge in [-0.25, -0.2) is 9.97 Å². The van der Waals surface area contributed by atoms with Crippen LogP contribution in [0.25, 0.3) is 22.5 Å². The van der Waals surface area contributed by atoms with Gasteiger partial charge in [0.05, 0.1) is 11.4 Å². The third kappa shape index (κ3) is 3.53. The SMILES string of the molecule is O=C(Nc1nccs1)c1cc(-c2ccccc2)nc(-c2ccccc2)c1. The molecule has 0 aliphatic rings. The Labute approximate surface area is 155 Å². The highest BCUT2D eigenvalue weighted by Crippen LogP contribution is 2.25. The molecule has 4 nitrogen and oxygen atoms in total. The van der Waals surface area contributed by atoms with E-state index in [1.165, 1.54) is 11.3 Å². The molecule has 4 aromatic rings. The Morgan fingerprint density at radius 3 is 1.92 bits per heavy atom. The van der Waals surface area contributed by atoms with Crippen LogP contribution in [0.2, 0.25) is 0 Å². The normalized spacial score (nSPS) is 10.5. The van der Waals surface area contributed by atoms with Gasteiger partial charge in [0.25, 0.3) is 5.91 Å². The van der Waals surface area contributed by atoms with Crippen molar-refractivity contribution < 1.29 is 4.79 Å². The van der Waals surface area contributed by atoms with Gasteiger partial charge in [-0.3, -0.25) is 10.1 Å². The molecular weight excluding hydrogens is 342 g/mol. The smallest absolute Gasteiger partial charge is 0.257 e. The van der Waals surface area contributed by atoms with Gasteiger partial charge in [-0.15, -0.1) is 11.3 Å². The molecule has 126 valence electrons. The molecule has 0 fully saturated rings. The van der Waals surface area contributed by atoms with Gasteiger partial charge in [0.15, 0.2) is 5.13 Å². The number of thiazole rings is 1. The fourth-order valence-electron chi connectivity index (χ4n) is 2.63. The minimum absolute atomic E-state index is 0.197. The van der Waals surface area contributed by atoms with Gasteiger partial charge in [-0.05, 0) is 12.1 Å². The number of carbonyl (C=O) groups excluding carboxylic acids is 1. The van der Waals surface area contributed by atoms with Gasteiger partial charge in [-0.1, -0.05) is 60.7 Å². The number of hydrogen-bond acceptors (Lipinski definition) is 4. The number of hydrogen-bond donors (Lipinski definition) is 1. The Morgan fingerprint density at radius 1 is 0.846 bits per heavy atom. The fourth-order valence-corrected chi connectivity index (χ4v) is 3.15. The number of rotatable bonds is 4. The van der Waals surface area contributed by atoms with E-state index in [9.17, 15) is 4.79 Å². The molecule has 5 heteroatoms. The van der Waals surface area contributed by atoms with Crippen molar-refractivity contribution in [3.8, 4) is 22.5 Å². The van der Waals surface area contributed by atoms with E-state index in [0.717, 1.165) is 22.5 Å². The number of nitrogens with one attached hydrogen (secondary N) is 1. The first-order valence-electron chi connectivity index (χ1n) is 8.13. The van der Waals surface area contributed by atoms with Crippen LogP contribution in [0.5, 0.6) is 0 Å². The van der Waals surface area contributed by atoms with Crippen molar-refractivity contribution >= 4 is 22.4 Å². The second-order valence-electron chi connectivity index (χ2n) is 5.65. The first kappa shape index (κ1) is 16.2. The van der Waals surface area contributed by atoms with Crippen molar-refractivity contribution in [3.63, 3.8) is 0 Å². The van der Waals surface area contributed by atoms with Gasteiger partial charge in [0.2, 0.25) is 0 Å². The number of amides is 1. The third-order valence-corrected chi connectivity index (χ3v) is 4.57. The van der Waals surface area contributed by atoms with Crippen molar-refractivity contribution in [1.29, 1.82) is 0 Å². The zero-order chi connectivity index (χ0) is 17.8. The van der Waals surface area contributed by atoms with Gasteiger partial charge in [0.1, 0.15) is 0 Å². The number of carbonyl (C=O) groups is 1. The minimum atomic E-state index is -0.197. The van der Waals surface area contributed by atoms with Crippen LogP contribution in [-0.4, -0.2) is 15.9 Å². The lowest BCUT2D eigenvalue weighted by atomic mass is 10.0. The molecule has 0 aliphatic heterocycles. The molecule has 0 aliphatic carbocycles. The zero-order valence-electron chi connectivity index (χ0n) is 13.8. The third-order valence-electron chi connectivity index (χ3n) is 3.88. The minimum Gasteiger partial charge on any atom is -0.298 e. The Bertz CT molecular complexity index is 958. The lowest BCUT2D eigenvalue weighted by Gasteiger charge is -2.09. The van der Waals surface area contributed by atoms with Crippen molar-refractivity contribution in [1.82, 2.24) is 9.97 Å². The number of nitrogens with zero attached hydrogens (tertiary/aromatic N) is 2. The predicted molar refractivity (Wildman–Crippen MR) is 105 cm³/mol. The van der Waals surface area contributed by atoms with Crippen LogP contribution >= 0.6 is 11.3 Å². The highest BCUT2D eigenvalue weighted by molar-refractivity contribution is 7.13. The molecule has 0 spiro atoms. The van der Waals surface area contributed by atoms with Crippen molar-refractivity contribution in [2.75, 3.05) is 5.32 Å². The summed E-state index contributed by atoms with van der Waals surface area (Å²) >= 11 is 1.39. The highest BCUT2D eigenvalue weighted by Gasteiger charge is 2.13. The van der Waals surface area contributed by atoms with E-state index in [1.54, 1.807) is 6.20 Å². The second kappa shape index (κ2) is 7.29. The van der Waals surface area contributed by atoms with Crippen molar-refractivity contribution in [2.45, 2.75) is 0 Å². The molecule has 0 atom stereocenters. The Balaban J connectivity index is 1.79. The Hall–Kier alpha value is -3.31. The van der Waals surface area contributed by atoms with Crippen LogP contribution in [0.3, 0.4) is 0 Å². The predicted octanol–water partition coefficient (Wildman–Crippen LogP) is 5.12. The quantitative estimate of drug-likeness (QED) is 0.551. The Morgan fingerprint density at radius 2 is 1.42 bits per heavy atom. The van der Waals surface area contributed by atoms with Crippen LogP contribution in [0, 0.1) is 0 Å². The highest BCUT2D eigenvalue weighted by atomic mass is 32.1. The van der Waals surface area contributed by atoms with Crippen LogP contribution in [0.1, 0.15) is 10.4 Å². The molecule has 1 N–H and O–H groups in total. The summed E-state index contributed by atoms with van der Waals surface area (Å²) in [7, 11) is 0. The van der Waals surface area contributed by atoms with Crippen LogP contribution in [0.15, 0.2) is 84.4 Å². The van der Waals surface area contributed by atoms with E-state index in [4.69, 9.17) is 4.98 Å². The van der Waals surface area contributed by atoms with Gasteiger partial charge in [-0.2, -0.15) is 0 Å². The van der Waals surface area contributed by atoms with Crippen LogP contribution in [0.4, 0.5) is 5.13 Å². The summed E-state index contributed by atoms with van der Waals surface area (Å²) in [6.45, 7) is 0. The fraction of sp³-hybridized carbons (Fsp3) is 0. The standard InChI is InChI=1S/C21H15N3OS/c25-20(24-21-22-11-12-26-21)17-13-18(15-7-3-1-4-8-15)23-19(14-17)16-9-5-2-6-10-16/h1-14H,(H,22,24,25). The zero-order valence-corrected chi connectivity index (χ0v) is 14.6. The van der Waals surface area contributed by atoms with Crippen molar-refractivity contribution in [3.05, 3.63) is 89.9 Å². The maximum absolute atomic E-state index is 12.7. The summed E-state index contributed by atoms with van der Waals surface area (Å²) in [5.74, 6) is -0.197. The summed E-state index contributed by atoms with van der Waals surface area (Å²) in [4.78, 5) is 21.6. The molecule has 26 heavy (non-hydrogen) atoms. The number of benzene rings is 2. The van der Waals surface area contributed by atoms with Gasteiger partial charge >= 0.3 is 0 Å². The van der Waals surface area contributed by atoms with Crippen LogP contribution in [-0.2, 0) is 0 Å². The molecule has 0 saturated heterocycles. The lowest BCUT2D eigenvalue weighted by Crippen LogP contribution is -2.12. The number of anilines is 1. The summed E-state index contributed by atoms with van der Waals surface area (Å²) in [5.41, 5.74) is 4.00. The summed E-state index contributed by atoms with van der Waals surface area (Å²) in [5, 5.41) is 5.24. The van der Waals surface area contributed by atoms with E-state index in [2.05, 4.69) is 10.3 Å². The largest absolute Gasteiger partial charge is 0.298 e. The van der Waals surface area contributed by atoms with E-state index < -0.39 is 0 Å². The Kier molecular flexibility index (Phi) is 4.53.